The molecule has 0 spiro atoms. The number of carbonyl (C=O) groups excluding carboxylic acids is 2. The van der Waals surface area contributed by atoms with E-state index in [-0.39, 0.29) is 5.76 Å². The number of benzene rings is 2. The van der Waals surface area contributed by atoms with Crippen LogP contribution in [0.3, 0.4) is 0 Å². The van der Waals surface area contributed by atoms with Crippen molar-refractivity contribution in [3.8, 4) is 5.69 Å². The molecule has 0 bridgehead atoms. The summed E-state index contributed by atoms with van der Waals surface area (Å²) in [5.74, 6) is -1.20. The van der Waals surface area contributed by atoms with Crippen molar-refractivity contribution >= 4 is 40.1 Å². The summed E-state index contributed by atoms with van der Waals surface area (Å²) in [6.45, 7) is 3.20. The van der Waals surface area contributed by atoms with Crippen molar-refractivity contribution in [2.45, 2.75) is 13.8 Å². The lowest BCUT2D eigenvalue weighted by atomic mass is 10.2. The molecule has 0 fully saturated rings. The molecule has 4 aromatic rings. The van der Waals surface area contributed by atoms with E-state index in [9.17, 15) is 9.59 Å². The van der Waals surface area contributed by atoms with Crippen LogP contribution in [-0.2, 0) is 9.53 Å². The molecule has 2 aromatic carbocycles. The van der Waals surface area contributed by atoms with E-state index in [4.69, 9.17) is 20.8 Å². The first-order valence-corrected chi connectivity index (χ1v) is 9.58. The maximum absolute atomic E-state index is 12.3. The van der Waals surface area contributed by atoms with Crippen LogP contribution in [0.15, 0.2) is 59.0 Å². The number of furan rings is 1. The number of anilines is 1. The highest BCUT2D eigenvalue weighted by Crippen LogP contribution is 2.24. The molecule has 0 aliphatic rings. The molecule has 0 aliphatic heterocycles. The van der Waals surface area contributed by atoms with Crippen molar-refractivity contribution in [2.24, 2.45) is 0 Å². The van der Waals surface area contributed by atoms with Crippen molar-refractivity contribution in [3.63, 3.8) is 0 Å². The highest BCUT2D eigenvalue weighted by molar-refractivity contribution is 6.31. The number of para-hydroxylation sites is 1. The lowest BCUT2D eigenvalue weighted by molar-refractivity contribution is -0.119. The number of halogens is 1. The van der Waals surface area contributed by atoms with Gasteiger partial charge in [0.15, 0.2) is 6.61 Å². The molecule has 2 heterocycles. The first-order valence-electron chi connectivity index (χ1n) is 9.20. The Kier molecular flexibility index (Phi) is 5.29. The summed E-state index contributed by atoms with van der Waals surface area (Å²) in [5.41, 5.74) is 3.40. The molecule has 0 atom stereocenters. The topological polar surface area (TPSA) is 86.4 Å². The number of amides is 1. The van der Waals surface area contributed by atoms with Crippen LogP contribution in [0.5, 0.6) is 0 Å². The van der Waals surface area contributed by atoms with Crippen molar-refractivity contribution in [2.75, 3.05) is 11.9 Å². The van der Waals surface area contributed by atoms with Gasteiger partial charge in [-0.3, -0.25) is 4.79 Å². The van der Waals surface area contributed by atoms with Crippen LogP contribution in [-0.4, -0.2) is 28.3 Å². The normalized spacial score (nSPS) is 10.9. The zero-order valence-electron chi connectivity index (χ0n) is 16.3. The van der Waals surface area contributed by atoms with Gasteiger partial charge in [-0.25, -0.2) is 9.48 Å². The molecule has 1 amide bonds. The molecule has 0 radical (unpaired) electrons. The Hall–Kier alpha value is -3.58. The number of aromatic nitrogens is 2. The van der Waals surface area contributed by atoms with Crippen molar-refractivity contribution in [1.29, 1.82) is 0 Å². The molecule has 152 valence electrons. The van der Waals surface area contributed by atoms with Gasteiger partial charge in [-0.15, -0.1) is 0 Å². The number of carbonyl (C=O) groups is 2. The van der Waals surface area contributed by atoms with Gasteiger partial charge >= 0.3 is 5.97 Å². The molecule has 0 unspecified atom stereocenters. The molecule has 0 saturated carbocycles. The lowest BCUT2D eigenvalue weighted by Gasteiger charge is -2.07. The Morgan fingerprint density at radius 2 is 1.90 bits per heavy atom. The maximum atomic E-state index is 12.3. The Morgan fingerprint density at radius 3 is 2.67 bits per heavy atom. The number of rotatable bonds is 5. The molecule has 2 aromatic heterocycles. The van der Waals surface area contributed by atoms with Crippen molar-refractivity contribution < 1.29 is 18.7 Å². The molecule has 8 heteroatoms. The molecular formula is C22H18ClN3O4. The third kappa shape index (κ3) is 3.92. The van der Waals surface area contributed by atoms with Gasteiger partial charge in [-0.05, 0) is 50.2 Å². The monoisotopic (exact) mass is 423 g/mol. The zero-order valence-corrected chi connectivity index (χ0v) is 17.1. The predicted molar refractivity (Wildman–Crippen MR) is 113 cm³/mol. The molecule has 0 aliphatic carbocycles. The minimum atomic E-state index is -0.731. The summed E-state index contributed by atoms with van der Waals surface area (Å²) in [6, 6.07) is 16.1. The van der Waals surface area contributed by atoms with E-state index in [2.05, 4.69) is 10.4 Å². The van der Waals surface area contributed by atoms with Crippen LogP contribution in [0.1, 0.15) is 21.9 Å². The smallest absolute Gasteiger partial charge is 0.374 e. The number of aryl methyl sites for hydroxylation is 1. The highest BCUT2D eigenvalue weighted by Gasteiger charge is 2.18. The van der Waals surface area contributed by atoms with E-state index in [1.165, 1.54) is 6.07 Å². The fourth-order valence-corrected chi connectivity index (χ4v) is 3.32. The maximum Gasteiger partial charge on any atom is 0.374 e. The van der Waals surface area contributed by atoms with Gasteiger partial charge in [0.25, 0.3) is 5.91 Å². The van der Waals surface area contributed by atoms with E-state index < -0.39 is 18.5 Å². The Morgan fingerprint density at radius 1 is 1.13 bits per heavy atom. The number of nitrogens with one attached hydrogen (secondary N) is 1. The molecule has 0 saturated heterocycles. The SMILES string of the molecule is Cc1nn(-c2ccccc2)c(C)c1NC(=O)COC(=O)c1cc2cc(Cl)ccc2o1. The van der Waals surface area contributed by atoms with Crippen LogP contribution in [0, 0.1) is 13.8 Å². The second-order valence-corrected chi connectivity index (χ2v) is 7.15. The predicted octanol–water partition coefficient (Wildman–Crippen LogP) is 4.68. The van der Waals surface area contributed by atoms with Crippen LogP contribution < -0.4 is 5.32 Å². The van der Waals surface area contributed by atoms with Crippen LogP contribution in [0.25, 0.3) is 16.7 Å². The summed E-state index contributed by atoms with van der Waals surface area (Å²) in [6.07, 6.45) is 0. The van der Waals surface area contributed by atoms with Gasteiger partial charge in [-0.2, -0.15) is 5.10 Å². The minimum absolute atomic E-state index is 0.00400. The van der Waals surface area contributed by atoms with Gasteiger partial charge in [0.05, 0.1) is 22.8 Å². The van der Waals surface area contributed by atoms with Crippen LogP contribution in [0.4, 0.5) is 5.69 Å². The summed E-state index contributed by atoms with van der Waals surface area (Å²) in [7, 11) is 0. The molecular weight excluding hydrogens is 406 g/mol. The molecule has 1 N–H and O–H groups in total. The first kappa shape index (κ1) is 19.7. The fraction of sp³-hybridized carbons (Fsp3) is 0.136. The fourth-order valence-electron chi connectivity index (χ4n) is 3.14. The van der Waals surface area contributed by atoms with Gasteiger partial charge < -0.3 is 14.5 Å². The number of esters is 1. The lowest BCUT2D eigenvalue weighted by Crippen LogP contribution is -2.21. The largest absolute Gasteiger partial charge is 0.450 e. The average molecular weight is 424 g/mol. The van der Waals surface area contributed by atoms with Crippen molar-refractivity contribution in [1.82, 2.24) is 9.78 Å². The van der Waals surface area contributed by atoms with Gasteiger partial charge in [0.2, 0.25) is 5.76 Å². The number of hydrogen-bond acceptors (Lipinski definition) is 5. The van der Waals surface area contributed by atoms with E-state index in [1.54, 1.807) is 29.8 Å². The van der Waals surface area contributed by atoms with E-state index in [0.717, 1.165) is 11.4 Å². The van der Waals surface area contributed by atoms with Gasteiger partial charge in [-0.1, -0.05) is 29.8 Å². The number of ether oxygens (including phenoxy) is 1. The summed E-state index contributed by atoms with van der Waals surface area (Å²) in [5, 5.41) is 8.45. The van der Waals surface area contributed by atoms with Crippen LogP contribution in [0.2, 0.25) is 5.02 Å². The Bertz CT molecular complexity index is 1240. The minimum Gasteiger partial charge on any atom is -0.450 e. The standard InChI is InChI=1S/C22H18ClN3O4/c1-13-21(14(2)26(25-13)17-6-4-3-5-7-17)24-20(27)12-29-22(28)19-11-15-10-16(23)8-9-18(15)30-19/h3-11H,12H2,1-2H3,(H,24,27). The number of fused-ring (bicyclic) bond motifs is 1. The molecule has 30 heavy (non-hydrogen) atoms. The summed E-state index contributed by atoms with van der Waals surface area (Å²) < 4.78 is 12.3. The zero-order chi connectivity index (χ0) is 21.3. The molecule has 7 nitrogen and oxygen atoms in total. The van der Waals surface area contributed by atoms with E-state index in [1.807, 2.05) is 37.3 Å². The second-order valence-electron chi connectivity index (χ2n) is 6.71. The summed E-state index contributed by atoms with van der Waals surface area (Å²) in [4.78, 5) is 24.6. The number of nitrogens with zero attached hydrogens (tertiary/aromatic N) is 2. The summed E-state index contributed by atoms with van der Waals surface area (Å²) >= 11 is 5.94. The Labute approximate surface area is 177 Å². The highest BCUT2D eigenvalue weighted by atomic mass is 35.5. The van der Waals surface area contributed by atoms with Gasteiger partial charge in [0, 0.05) is 10.4 Å². The van der Waals surface area contributed by atoms with E-state index in [0.29, 0.717) is 27.4 Å². The van der Waals surface area contributed by atoms with Crippen LogP contribution >= 0.6 is 11.6 Å². The average Bonchev–Trinajstić information content (AvgIpc) is 3.28. The third-order valence-corrected chi connectivity index (χ3v) is 4.81. The van der Waals surface area contributed by atoms with Gasteiger partial charge in [0.1, 0.15) is 5.58 Å². The Balaban J connectivity index is 1.42. The first-order chi connectivity index (χ1) is 14.4. The molecule has 4 rings (SSSR count). The number of hydrogen-bond donors (Lipinski definition) is 1. The third-order valence-electron chi connectivity index (χ3n) is 4.57. The van der Waals surface area contributed by atoms with E-state index >= 15 is 0 Å². The second kappa shape index (κ2) is 8.04. The van der Waals surface area contributed by atoms with Crippen molar-refractivity contribution in [3.05, 3.63) is 76.8 Å². The quantitative estimate of drug-likeness (QED) is 0.471.